The highest BCUT2D eigenvalue weighted by Crippen LogP contribution is 2.27. The first-order chi connectivity index (χ1) is 12.0. The maximum atomic E-state index is 12.3. The lowest BCUT2D eigenvalue weighted by atomic mass is 10.1. The fraction of sp³-hybridized carbons (Fsp3) is 0.211. The average molecular weight is 353 g/mol. The monoisotopic (exact) mass is 353 g/mol. The maximum absolute atomic E-state index is 12.3. The smallest absolute Gasteiger partial charge is 0.277 e. The van der Waals surface area contributed by atoms with Crippen molar-refractivity contribution in [3.63, 3.8) is 0 Å². The molecule has 25 heavy (non-hydrogen) atoms. The van der Waals surface area contributed by atoms with Gasteiger partial charge in [-0.15, -0.1) is 10.2 Å². The first-order valence-corrected chi connectivity index (χ1v) is 8.84. The van der Waals surface area contributed by atoms with E-state index in [4.69, 9.17) is 4.42 Å². The van der Waals surface area contributed by atoms with Crippen molar-refractivity contribution in [2.75, 3.05) is 5.32 Å². The molecule has 3 aromatic rings. The maximum Gasteiger partial charge on any atom is 0.277 e. The molecule has 0 spiro atoms. The largest absolute Gasteiger partial charge is 0.411 e. The molecule has 1 N–H and O–H groups in total. The Hall–Kier alpha value is -2.60. The van der Waals surface area contributed by atoms with E-state index in [1.165, 1.54) is 11.8 Å². The quantitative estimate of drug-likeness (QED) is 0.685. The Morgan fingerprint density at radius 1 is 1.08 bits per heavy atom. The van der Waals surface area contributed by atoms with Gasteiger partial charge in [0.25, 0.3) is 5.22 Å². The molecule has 1 atom stereocenters. The number of anilines is 1. The average Bonchev–Trinajstić information content (AvgIpc) is 3.03. The number of hydrogen-bond acceptors (Lipinski definition) is 5. The first kappa shape index (κ1) is 17.2. The molecule has 0 unspecified atom stereocenters. The summed E-state index contributed by atoms with van der Waals surface area (Å²) in [7, 11) is 0. The minimum atomic E-state index is -0.355. The van der Waals surface area contributed by atoms with E-state index in [0.29, 0.717) is 11.1 Å². The highest BCUT2D eigenvalue weighted by Gasteiger charge is 2.19. The van der Waals surface area contributed by atoms with E-state index >= 15 is 0 Å². The summed E-state index contributed by atoms with van der Waals surface area (Å²) in [5, 5.41) is 11.0. The van der Waals surface area contributed by atoms with Gasteiger partial charge >= 0.3 is 0 Å². The summed E-state index contributed by atoms with van der Waals surface area (Å²) in [4.78, 5) is 12.3. The molecule has 6 heteroatoms. The molecule has 128 valence electrons. The molecule has 1 aromatic heterocycles. The van der Waals surface area contributed by atoms with E-state index in [1.807, 2.05) is 69.3 Å². The van der Waals surface area contributed by atoms with E-state index in [1.54, 1.807) is 0 Å². The van der Waals surface area contributed by atoms with Crippen molar-refractivity contribution in [2.24, 2.45) is 0 Å². The highest BCUT2D eigenvalue weighted by atomic mass is 32.2. The molecule has 0 bridgehead atoms. The number of benzene rings is 2. The number of amides is 1. The second kappa shape index (κ2) is 7.53. The Kier molecular flexibility index (Phi) is 5.19. The van der Waals surface area contributed by atoms with Gasteiger partial charge in [-0.3, -0.25) is 4.79 Å². The van der Waals surface area contributed by atoms with Crippen molar-refractivity contribution in [2.45, 2.75) is 31.2 Å². The second-order valence-electron chi connectivity index (χ2n) is 5.86. The molecule has 2 aromatic carbocycles. The lowest BCUT2D eigenvalue weighted by molar-refractivity contribution is -0.115. The van der Waals surface area contributed by atoms with Crippen LogP contribution in [0.2, 0.25) is 0 Å². The van der Waals surface area contributed by atoms with Gasteiger partial charge < -0.3 is 9.73 Å². The Morgan fingerprint density at radius 3 is 2.52 bits per heavy atom. The number of rotatable bonds is 5. The van der Waals surface area contributed by atoms with Crippen LogP contribution in [0, 0.1) is 13.8 Å². The topological polar surface area (TPSA) is 68.0 Å². The van der Waals surface area contributed by atoms with Gasteiger partial charge in [-0.05, 0) is 50.6 Å². The minimum absolute atomic E-state index is 0.106. The third kappa shape index (κ3) is 4.48. The summed E-state index contributed by atoms with van der Waals surface area (Å²) in [5.74, 6) is 0.350. The van der Waals surface area contributed by atoms with Crippen LogP contribution in [0.4, 0.5) is 5.69 Å². The van der Waals surface area contributed by atoms with Crippen LogP contribution < -0.4 is 5.32 Å². The lowest BCUT2D eigenvalue weighted by Gasteiger charge is -2.10. The molecular weight excluding hydrogens is 334 g/mol. The molecule has 1 heterocycles. The Balaban J connectivity index is 1.65. The van der Waals surface area contributed by atoms with Crippen LogP contribution >= 0.6 is 11.8 Å². The molecule has 0 saturated heterocycles. The van der Waals surface area contributed by atoms with E-state index < -0.39 is 0 Å². The molecule has 0 aliphatic rings. The van der Waals surface area contributed by atoms with Crippen LogP contribution in [0.1, 0.15) is 18.1 Å². The van der Waals surface area contributed by atoms with Crippen LogP contribution in [0.5, 0.6) is 0 Å². The van der Waals surface area contributed by atoms with Gasteiger partial charge in [-0.2, -0.15) is 0 Å². The molecule has 0 aliphatic carbocycles. The van der Waals surface area contributed by atoms with E-state index in [2.05, 4.69) is 15.5 Å². The zero-order chi connectivity index (χ0) is 17.8. The fourth-order valence-corrected chi connectivity index (χ4v) is 3.01. The SMILES string of the molecule is Cc1cccc(NC(=O)[C@@H](C)Sc2nnc(-c3cccc(C)c3)o2)c1. The predicted molar refractivity (Wildman–Crippen MR) is 99.6 cm³/mol. The summed E-state index contributed by atoms with van der Waals surface area (Å²) in [6.45, 7) is 5.80. The summed E-state index contributed by atoms with van der Waals surface area (Å²) < 4.78 is 5.68. The number of carbonyl (C=O) groups excluding carboxylic acids is 1. The van der Waals surface area contributed by atoms with E-state index in [0.717, 1.165) is 22.4 Å². The number of hydrogen-bond donors (Lipinski definition) is 1. The van der Waals surface area contributed by atoms with Gasteiger partial charge in [0, 0.05) is 11.3 Å². The minimum Gasteiger partial charge on any atom is -0.411 e. The van der Waals surface area contributed by atoms with E-state index in [-0.39, 0.29) is 11.2 Å². The van der Waals surface area contributed by atoms with Crippen molar-refractivity contribution < 1.29 is 9.21 Å². The Bertz CT molecular complexity index is 892. The predicted octanol–water partition coefficient (Wildman–Crippen LogP) is 4.47. The van der Waals surface area contributed by atoms with Gasteiger partial charge in [0.05, 0.1) is 5.25 Å². The van der Waals surface area contributed by atoms with Crippen molar-refractivity contribution in [3.8, 4) is 11.5 Å². The number of nitrogens with one attached hydrogen (secondary N) is 1. The number of nitrogens with zero attached hydrogens (tertiary/aromatic N) is 2. The van der Waals surface area contributed by atoms with Crippen molar-refractivity contribution in [3.05, 3.63) is 59.7 Å². The number of carbonyl (C=O) groups is 1. The van der Waals surface area contributed by atoms with Crippen LogP contribution in [-0.2, 0) is 4.79 Å². The Labute approximate surface area is 150 Å². The van der Waals surface area contributed by atoms with Gasteiger partial charge in [0.2, 0.25) is 11.8 Å². The van der Waals surface area contributed by atoms with E-state index in [9.17, 15) is 4.79 Å². The fourth-order valence-electron chi connectivity index (χ4n) is 2.32. The molecule has 0 radical (unpaired) electrons. The summed E-state index contributed by atoms with van der Waals surface area (Å²) in [5.41, 5.74) is 3.87. The van der Waals surface area contributed by atoms with Crippen LogP contribution in [0.15, 0.2) is 58.2 Å². The molecule has 5 nitrogen and oxygen atoms in total. The second-order valence-corrected chi connectivity index (χ2v) is 7.15. The molecule has 0 saturated carbocycles. The third-order valence-electron chi connectivity index (χ3n) is 3.60. The van der Waals surface area contributed by atoms with Gasteiger partial charge in [-0.1, -0.05) is 41.6 Å². The van der Waals surface area contributed by atoms with Crippen LogP contribution in [-0.4, -0.2) is 21.4 Å². The number of thioether (sulfide) groups is 1. The molecule has 3 rings (SSSR count). The normalized spacial score (nSPS) is 12.0. The van der Waals surface area contributed by atoms with Crippen LogP contribution in [0.3, 0.4) is 0 Å². The van der Waals surface area contributed by atoms with Gasteiger partial charge in [0.15, 0.2) is 0 Å². The number of aryl methyl sites for hydroxylation is 2. The van der Waals surface area contributed by atoms with Crippen molar-refractivity contribution >= 4 is 23.4 Å². The standard InChI is InChI=1S/C19H19N3O2S/c1-12-6-4-8-15(10-12)18-21-22-19(24-18)25-14(3)17(23)20-16-9-5-7-13(2)11-16/h4-11,14H,1-3H3,(H,20,23)/t14-/m1/s1. The molecule has 0 aliphatic heterocycles. The zero-order valence-electron chi connectivity index (χ0n) is 14.3. The summed E-state index contributed by atoms with van der Waals surface area (Å²) >= 11 is 1.24. The van der Waals surface area contributed by atoms with Gasteiger partial charge in [0.1, 0.15) is 0 Å². The first-order valence-electron chi connectivity index (χ1n) is 7.96. The zero-order valence-corrected chi connectivity index (χ0v) is 15.1. The third-order valence-corrected chi connectivity index (χ3v) is 4.54. The highest BCUT2D eigenvalue weighted by molar-refractivity contribution is 8.00. The molecule has 0 fully saturated rings. The molecule has 1 amide bonds. The molecular formula is C19H19N3O2S. The van der Waals surface area contributed by atoms with Crippen molar-refractivity contribution in [1.29, 1.82) is 0 Å². The lowest BCUT2D eigenvalue weighted by Crippen LogP contribution is -2.22. The Morgan fingerprint density at radius 2 is 1.80 bits per heavy atom. The van der Waals surface area contributed by atoms with Gasteiger partial charge in [-0.25, -0.2) is 0 Å². The van der Waals surface area contributed by atoms with Crippen LogP contribution in [0.25, 0.3) is 11.5 Å². The number of aromatic nitrogens is 2. The van der Waals surface area contributed by atoms with Crippen molar-refractivity contribution in [1.82, 2.24) is 10.2 Å². The summed E-state index contributed by atoms with van der Waals surface area (Å²) in [6, 6.07) is 15.5. The summed E-state index contributed by atoms with van der Waals surface area (Å²) in [6.07, 6.45) is 0.